The van der Waals surface area contributed by atoms with E-state index in [0.29, 0.717) is 5.69 Å². The number of nitrogens with one attached hydrogen (secondary N) is 1. The maximum Gasteiger partial charge on any atom is 0.295 e. The van der Waals surface area contributed by atoms with Gasteiger partial charge >= 0.3 is 0 Å². The molecule has 0 saturated carbocycles. The van der Waals surface area contributed by atoms with Crippen LogP contribution in [0.1, 0.15) is 26.7 Å². The predicted octanol–water partition coefficient (Wildman–Crippen LogP) is 4.10. The number of benzene rings is 1. The highest BCUT2D eigenvalue weighted by Crippen LogP contribution is 2.31. The molecular weight excluding hydrogens is 291 g/mol. The summed E-state index contributed by atoms with van der Waals surface area (Å²) >= 11 is 3.03. The summed E-state index contributed by atoms with van der Waals surface area (Å²) < 4.78 is 13.5. The van der Waals surface area contributed by atoms with Crippen molar-refractivity contribution in [3.63, 3.8) is 0 Å². The smallest absolute Gasteiger partial charge is 0.295 e. The summed E-state index contributed by atoms with van der Waals surface area (Å²) in [4.78, 5) is 10.2. The lowest BCUT2D eigenvalue weighted by molar-refractivity contribution is -0.384. The van der Waals surface area contributed by atoms with Crippen LogP contribution in [0.3, 0.4) is 0 Å². The summed E-state index contributed by atoms with van der Waals surface area (Å²) in [7, 11) is 0. The van der Waals surface area contributed by atoms with Gasteiger partial charge in [-0.15, -0.1) is 0 Å². The lowest BCUT2D eigenvalue weighted by atomic mass is 10.1. The Balaban J connectivity index is 3.12. The van der Waals surface area contributed by atoms with E-state index in [1.165, 1.54) is 6.07 Å². The molecule has 0 aromatic heterocycles. The van der Waals surface area contributed by atoms with Crippen LogP contribution in [-0.2, 0) is 0 Å². The van der Waals surface area contributed by atoms with Crippen LogP contribution >= 0.6 is 15.9 Å². The SMILES string of the molecule is CCC(CC)Nc1cc(Br)c(F)cc1[N+](=O)[O-]. The monoisotopic (exact) mass is 304 g/mol. The van der Waals surface area contributed by atoms with Crippen molar-refractivity contribution >= 4 is 27.3 Å². The minimum Gasteiger partial charge on any atom is -0.377 e. The van der Waals surface area contributed by atoms with Gasteiger partial charge in [0, 0.05) is 6.04 Å². The van der Waals surface area contributed by atoms with Crippen LogP contribution in [0.5, 0.6) is 0 Å². The molecule has 1 aromatic rings. The Kier molecular flexibility index (Phi) is 4.86. The molecule has 94 valence electrons. The van der Waals surface area contributed by atoms with Gasteiger partial charge in [-0.3, -0.25) is 10.1 Å². The van der Waals surface area contributed by atoms with Gasteiger partial charge in [0.05, 0.1) is 15.5 Å². The molecule has 0 radical (unpaired) electrons. The largest absolute Gasteiger partial charge is 0.377 e. The molecule has 0 atom stereocenters. The third-order valence-electron chi connectivity index (χ3n) is 2.58. The Bertz CT molecular complexity index is 422. The van der Waals surface area contributed by atoms with Gasteiger partial charge in [0.15, 0.2) is 0 Å². The third kappa shape index (κ3) is 3.39. The van der Waals surface area contributed by atoms with Gasteiger partial charge in [-0.05, 0) is 34.8 Å². The summed E-state index contributed by atoms with van der Waals surface area (Å²) in [6.45, 7) is 3.98. The Labute approximate surface area is 107 Å². The fourth-order valence-corrected chi connectivity index (χ4v) is 1.86. The lowest BCUT2D eigenvalue weighted by Crippen LogP contribution is -2.18. The molecule has 1 aromatic carbocycles. The molecule has 0 heterocycles. The standard InChI is InChI=1S/C11H14BrFN2O2/c1-3-7(4-2)14-10-5-8(12)9(13)6-11(10)15(16)17/h5-7,14H,3-4H2,1-2H3. The van der Waals surface area contributed by atoms with E-state index in [0.717, 1.165) is 18.9 Å². The number of halogens is 2. The molecule has 17 heavy (non-hydrogen) atoms. The van der Waals surface area contributed by atoms with Crippen molar-refractivity contribution in [2.75, 3.05) is 5.32 Å². The average molecular weight is 305 g/mol. The number of rotatable bonds is 5. The highest BCUT2D eigenvalue weighted by Gasteiger charge is 2.19. The topological polar surface area (TPSA) is 55.2 Å². The van der Waals surface area contributed by atoms with Gasteiger partial charge in [0.1, 0.15) is 11.5 Å². The molecule has 0 aliphatic rings. The molecule has 0 bridgehead atoms. The normalized spacial score (nSPS) is 10.6. The molecule has 0 saturated heterocycles. The first-order chi connectivity index (χ1) is 7.99. The first kappa shape index (κ1) is 13.9. The number of nitro groups is 1. The van der Waals surface area contributed by atoms with Crippen molar-refractivity contribution in [2.24, 2.45) is 0 Å². The zero-order valence-electron chi connectivity index (χ0n) is 9.67. The highest BCUT2D eigenvalue weighted by atomic mass is 79.9. The van der Waals surface area contributed by atoms with Crippen molar-refractivity contribution in [1.82, 2.24) is 0 Å². The summed E-state index contributed by atoms with van der Waals surface area (Å²) in [5.41, 5.74) is 0.106. The van der Waals surface area contributed by atoms with Gasteiger partial charge in [0.25, 0.3) is 5.69 Å². The van der Waals surface area contributed by atoms with Gasteiger partial charge < -0.3 is 5.32 Å². The van der Waals surface area contributed by atoms with Crippen LogP contribution in [0.4, 0.5) is 15.8 Å². The van der Waals surface area contributed by atoms with Crippen LogP contribution < -0.4 is 5.32 Å². The van der Waals surface area contributed by atoms with Crippen LogP contribution in [0, 0.1) is 15.9 Å². The van der Waals surface area contributed by atoms with E-state index >= 15 is 0 Å². The predicted molar refractivity (Wildman–Crippen MR) is 68.7 cm³/mol. The van der Waals surface area contributed by atoms with Crippen LogP contribution in [0.2, 0.25) is 0 Å². The fraction of sp³-hybridized carbons (Fsp3) is 0.455. The van der Waals surface area contributed by atoms with Gasteiger partial charge in [-0.25, -0.2) is 4.39 Å². The van der Waals surface area contributed by atoms with E-state index in [9.17, 15) is 14.5 Å². The molecule has 0 fully saturated rings. The molecule has 0 aliphatic carbocycles. The van der Waals surface area contributed by atoms with Crippen molar-refractivity contribution in [1.29, 1.82) is 0 Å². The van der Waals surface area contributed by atoms with Crippen molar-refractivity contribution < 1.29 is 9.31 Å². The van der Waals surface area contributed by atoms with Gasteiger partial charge in [-0.1, -0.05) is 13.8 Å². The summed E-state index contributed by atoms with van der Waals surface area (Å²) in [5.74, 6) is -0.633. The van der Waals surface area contributed by atoms with Gasteiger partial charge in [-0.2, -0.15) is 0 Å². The molecule has 6 heteroatoms. The number of nitro benzene ring substituents is 1. The first-order valence-corrected chi connectivity index (χ1v) is 6.18. The molecule has 4 nitrogen and oxygen atoms in total. The molecule has 0 unspecified atom stereocenters. The summed E-state index contributed by atoms with van der Waals surface area (Å²) in [5, 5.41) is 13.9. The molecule has 1 N–H and O–H groups in total. The van der Waals surface area contributed by atoms with E-state index in [1.807, 2.05) is 13.8 Å². The third-order valence-corrected chi connectivity index (χ3v) is 3.19. The Morgan fingerprint density at radius 3 is 2.53 bits per heavy atom. The minimum atomic E-state index is -0.633. The second-order valence-electron chi connectivity index (χ2n) is 3.70. The summed E-state index contributed by atoms with van der Waals surface area (Å²) in [6, 6.07) is 2.48. The van der Waals surface area contributed by atoms with Crippen LogP contribution in [-0.4, -0.2) is 11.0 Å². The highest BCUT2D eigenvalue weighted by molar-refractivity contribution is 9.10. The zero-order valence-corrected chi connectivity index (χ0v) is 11.3. The number of hydrogen-bond donors (Lipinski definition) is 1. The van der Waals surface area contributed by atoms with Crippen molar-refractivity contribution in [3.05, 3.63) is 32.5 Å². The number of anilines is 1. The number of nitrogens with zero attached hydrogens (tertiary/aromatic N) is 1. The maximum absolute atomic E-state index is 13.2. The van der Waals surface area contributed by atoms with E-state index in [2.05, 4.69) is 21.2 Å². The van der Waals surface area contributed by atoms with Crippen LogP contribution in [0.25, 0.3) is 0 Å². The second-order valence-corrected chi connectivity index (χ2v) is 4.55. The Hall–Kier alpha value is -1.17. The van der Waals surface area contributed by atoms with Crippen molar-refractivity contribution in [3.8, 4) is 0 Å². The quantitative estimate of drug-likeness (QED) is 0.658. The lowest BCUT2D eigenvalue weighted by Gasteiger charge is -2.16. The zero-order chi connectivity index (χ0) is 13.0. The second kappa shape index (κ2) is 5.95. The van der Waals surface area contributed by atoms with E-state index in [4.69, 9.17) is 0 Å². The molecular formula is C11H14BrFN2O2. The molecule has 0 aliphatic heterocycles. The maximum atomic E-state index is 13.2. The molecule has 0 spiro atoms. The average Bonchev–Trinajstić information content (AvgIpc) is 2.29. The van der Waals surface area contributed by atoms with E-state index in [-0.39, 0.29) is 16.2 Å². The molecule has 0 amide bonds. The minimum absolute atomic E-state index is 0.145. The van der Waals surface area contributed by atoms with Crippen LogP contribution in [0.15, 0.2) is 16.6 Å². The van der Waals surface area contributed by atoms with Crippen molar-refractivity contribution in [2.45, 2.75) is 32.7 Å². The first-order valence-electron chi connectivity index (χ1n) is 5.39. The summed E-state index contributed by atoms with van der Waals surface area (Å²) in [6.07, 6.45) is 1.70. The van der Waals surface area contributed by atoms with Gasteiger partial charge in [0.2, 0.25) is 0 Å². The van der Waals surface area contributed by atoms with E-state index in [1.54, 1.807) is 0 Å². The molecule has 1 rings (SSSR count). The Morgan fingerprint density at radius 1 is 1.47 bits per heavy atom. The Morgan fingerprint density at radius 2 is 2.06 bits per heavy atom. The van der Waals surface area contributed by atoms with E-state index < -0.39 is 10.7 Å². The number of hydrogen-bond acceptors (Lipinski definition) is 3. The fourth-order valence-electron chi connectivity index (χ4n) is 1.52.